The van der Waals surface area contributed by atoms with Gasteiger partial charge in [0.05, 0.1) is 0 Å². The minimum absolute atomic E-state index is 0.0648. The van der Waals surface area contributed by atoms with Crippen LogP contribution in [0.2, 0.25) is 5.02 Å². The van der Waals surface area contributed by atoms with Crippen LogP contribution in [0.1, 0.15) is 5.56 Å². The van der Waals surface area contributed by atoms with E-state index in [1.165, 1.54) is 6.20 Å². The Kier molecular flexibility index (Phi) is 5.12. The topological polar surface area (TPSA) is 77.8 Å². The van der Waals surface area contributed by atoms with E-state index in [4.69, 9.17) is 16.9 Å². The van der Waals surface area contributed by atoms with E-state index in [1.54, 1.807) is 36.5 Å². The lowest BCUT2D eigenvalue weighted by atomic mass is 10.2. The summed E-state index contributed by atoms with van der Waals surface area (Å²) in [5.74, 6) is 0.0663. The van der Waals surface area contributed by atoms with Gasteiger partial charge < -0.3 is 10.6 Å². The summed E-state index contributed by atoms with van der Waals surface area (Å²) in [6.45, 7) is 1.88. The fraction of sp³-hybridized carbons (Fsp3) is 0.0625. The summed E-state index contributed by atoms with van der Waals surface area (Å²) in [7, 11) is 0. The van der Waals surface area contributed by atoms with Crippen molar-refractivity contribution in [1.29, 1.82) is 5.26 Å². The highest BCUT2D eigenvalue weighted by Crippen LogP contribution is 2.16. The Bertz CT molecular complexity index is 765. The quantitative estimate of drug-likeness (QED) is 0.669. The Labute approximate surface area is 133 Å². The van der Waals surface area contributed by atoms with Crippen LogP contribution in [0.15, 0.2) is 54.4 Å². The highest BCUT2D eigenvalue weighted by molar-refractivity contribution is 6.31. The van der Waals surface area contributed by atoms with E-state index >= 15 is 0 Å². The molecule has 0 saturated heterocycles. The maximum absolute atomic E-state index is 12.1. The molecular weight excluding hydrogens is 300 g/mol. The smallest absolute Gasteiger partial charge is 0.267 e. The van der Waals surface area contributed by atoms with Gasteiger partial charge in [0.2, 0.25) is 0 Å². The van der Waals surface area contributed by atoms with Crippen molar-refractivity contribution < 1.29 is 4.79 Å². The number of aromatic nitrogens is 1. The number of pyridine rings is 1. The molecule has 1 heterocycles. The van der Waals surface area contributed by atoms with Gasteiger partial charge in [-0.25, -0.2) is 4.98 Å². The molecule has 0 radical (unpaired) electrons. The lowest BCUT2D eigenvalue weighted by molar-refractivity contribution is -0.112. The average molecular weight is 313 g/mol. The molecule has 0 fully saturated rings. The van der Waals surface area contributed by atoms with Gasteiger partial charge in [-0.2, -0.15) is 5.26 Å². The zero-order chi connectivity index (χ0) is 15.9. The lowest BCUT2D eigenvalue weighted by Gasteiger charge is -2.06. The number of hydrogen-bond donors (Lipinski definition) is 2. The second kappa shape index (κ2) is 7.25. The molecule has 0 saturated carbocycles. The fourth-order valence-electron chi connectivity index (χ4n) is 1.69. The number of nitrogens with one attached hydrogen (secondary N) is 2. The first-order valence-electron chi connectivity index (χ1n) is 6.45. The summed E-state index contributed by atoms with van der Waals surface area (Å²) in [6.07, 6.45) is 2.95. The molecule has 110 valence electrons. The maximum atomic E-state index is 12.1. The maximum Gasteiger partial charge on any atom is 0.267 e. The second-order valence-electron chi connectivity index (χ2n) is 4.45. The number of nitriles is 1. The zero-order valence-electron chi connectivity index (χ0n) is 11.8. The normalized spacial score (nSPS) is 10.7. The molecule has 0 aliphatic rings. The van der Waals surface area contributed by atoms with Crippen molar-refractivity contribution in [1.82, 2.24) is 4.98 Å². The van der Waals surface area contributed by atoms with E-state index in [0.717, 1.165) is 5.56 Å². The van der Waals surface area contributed by atoms with Crippen molar-refractivity contribution in [3.05, 3.63) is 65.0 Å². The van der Waals surface area contributed by atoms with Gasteiger partial charge in [0.1, 0.15) is 17.5 Å². The van der Waals surface area contributed by atoms with Crippen LogP contribution in [-0.4, -0.2) is 10.9 Å². The monoisotopic (exact) mass is 312 g/mol. The third kappa shape index (κ3) is 4.08. The minimum Gasteiger partial charge on any atom is -0.345 e. The van der Waals surface area contributed by atoms with Gasteiger partial charge >= 0.3 is 0 Å². The molecule has 0 unspecified atom stereocenters. The Morgan fingerprint density at radius 1 is 1.36 bits per heavy atom. The van der Waals surface area contributed by atoms with Gasteiger partial charge in [-0.3, -0.25) is 4.79 Å². The van der Waals surface area contributed by atoms with Crippen molar-refractivity contribution >= 4 is 29.0 Å². The van der Waals surface area contributed by atoms with Crippen LogP contribution in [0.4, 0.5) is 11.5 Å². The molecule has 22 heavy (non-hydrogen) atoms. The third-order valence-electron chi connectivity index (χ3n) is 2.81. The Morgan fingerprint density at radius 3 is 2.86 bits per heavy atom. The van der Waals surface area contributed by atoms with Crippen LogP contribution in [-0.2, 0) is 4.79 Å². The summed E-state index contributed by atoms with van der Waals surface area (Å²) >= 11 is 5.85. The van der Waals surface area contributed by atoms with E-state index in [-0.39, 0.29) is 5.57 Å². The molecule has 6 heteroatoms. The molecular formula is C16H13ClN4O. The number of rotatable bonds is 4. The van der Waals surface area contributed by atoms with Crippen molar-refractivity contribution in [3.8, 4) is 6.07 Å². The molecule has 1 aromatic heterocycles. The first kappa shape index (κ1) is 15.5. The lowest BCUT2D eigenvalue weighted by Crippen LogP contribution is -2.14. The van der Waals surface area contributed by atoms with E-state index in [0.29, 0.717) is 16.5 Å². The number of halogens is 1. The number of amides is 1. The molecule has 0 aliphatic carbocycles. The van der Waals surface area contributed by atoms with Crippen LogP contribution >= 0.6 is 11.6 Å². The molecule has 1 amide bonds. The SMILES string of the molecule is Cc1cccnc1N/C=C(/C#N)C(=O)Nc1cccc(Cl)c1. The van der Waals surface area contributed by atoms with Crippen LogP contribution < -0.4 is 10.6 Å². The van der Waals surface area contributed by atoms with Crippen LogP contribution in [0.25, 0.3) is 0 Å². The molecule has 0 atom stereocenters. The van der Waals surface area contributed by atoms with Crippen LogP contribution in [0, 0.1) is 18.3 Å². The fourth-order valence-corrected chi connectivity index (χ4v) is 1.88. The largest absolute Gasteiger partial charge is 0.345 e. The summed E-state index contributed by atoms with van der Waals surface area (Å²) in [6, 6.07) is 12.2. The van der Waals surface area contributed by atoms with Crippen molar-refractivity contribution in [3.63, 3.8) is 0 Å². The average Bonchev–Trinajstić information content (AvgIpc) is 2.49. The predicted molar refractivity (Wildman–Crippen MR) is 86.4 cm³/mol. The van der Waals surface area contributed by atoms with E-state index in [2.05, 4.69) is 15.6 Å². The van der Waals surface area contributed by atoms with Crippen molar-refractivity contribution in [2.75, 3.05) is 10.6 Å². The highest BCUT2D eigenvalue weighted by Gasteiger charge is 2.09. The number of benzene rings is 1. The van der Waals surface area contributed by atoms with Gasteiger partial charge in [0.15, 0.2) is 0 Å². The molecule has 0 spiro atoms. The Balaban J connectivity index is 2.11. The molecule has 2 rings (SSSR count). The van der Waals surface area contributed by atoms with Crippen molar-refractivity contribution in [2.24, 2.45) is 0 Å². The second-order valence-corrected chi connectivity index (χ2v) is 4.88. The number of carbonyl (C=O) groups is 1. The molecule has 0 aliphatic heterocycles. The Hall–Kier alpha value is -2.84. The molecule has 0 bridgehead atoms. The van der Waals surface area contributed by atoms with E-state index in [1.807, 2.05) is 19.1 Å². The summed E-state index contributed by atoms with van der Waals surface area (Å²) in [5.41, 5.74) is 1.36. The third-order valence-corrected chi connectivity index (χ3v) is 3.05. The summed E-state index contributed by atoms with van der Waals surface area (Å²) < 4.78 is 0. The number of aryl methyl sites for hydroxylation is 1. The summed E-state index contributed by atoms with van der Waals surface area (Å²) in [4.78, 5) is 16.2. The minimum atomic E-state index is -0.522. The van der Waals surface area contributed by atoms with Gasteiger partial charge in [-0.05, 0) is 36.8 Å². The van der Waals surface area contributed by atoms with Gasteiger partial charge in [-0.15, -0.1) is 0 Å². The molecule has 2 aromatic rings. The molecule has 1 aromatic carbocycles. The number of carbonyl (C=O) groups excluding carboxylic acids is 1. The van der Waals surface area contributed by atoms with Crippen LogP contribution in [0.5, 0.6) is 0 Å². The van der Waals surface area contributed by atoms with Gasteiger partial charge in [0, 0.05) is 23.1 Å². The standard InChI is InChI=1S/C16H13ClN4O/c1-11-4-3-7-19-15(11)20-10-12(9-18)16(22)21-14-6-2-5-13(17)8-14/h2-8,10H,1H3,(H,19,20)(H,21,22)/b12-10-. The predicted octanol–water partition coefficient (Wildman–Crippen LogP) is 3.50. The zero-order valence-corrected chi connectivity index (χ0v) is 12.6. The molecule has 5 nitrogen and oxygen atoms in total. The van der Waals surface area contributed by atoms with Gasteiger partial charge in [-0.1, -0.05) is 23.7 Å². The van der Waals surface area contributed by atoms with Crippen molar-refractivity contribution in [2.45, 2.75) is 6.92 Å². The van der Waals surface area contributed by atoms with Gasteiger partial charge in [0.25, 0.3) is 5.91 Å². The highest BCUT2D eigenvalue weighted by atomic mass is 35.5. The summed E-state index contributed by atoms with van der Waals surface area (Å²) in [5, 5.41) is 15.1. The first-order valence-corrected chi connectivity index (χ1v) is 6.83. The van der Waals surface area contributed by atoms with E-state index < -0.39 is 5.91 Å². The molecule has 2 N–H and O–H groups in total. The Morgan fingerprint density at radius 2 is 2.18 bits per heavy atom. The number of anilines is 2. The first-order chi connectivity index (χ1) is 10.6. The number of hydrogen-bond acceptors (Lipinski definition) is 4. The van der Waals surface area contributed by atoms with Crippen LogP contribution in [0.3, 0.4) is 0 Å². The van der Waals surface area contributed by atoms with E-state index in [9.17, 15) is 4.79 Å². The number of nitrogens with zero attached hydrogens (tertiary/aromatic N) is 2.